The molecule has 1 unspecified atom stereocenters. The number of nitrogens with zero attached hydrogens (tertiary/aromatic N) is 3. The summed E-state index contributed by atoms with van der Waals surface area (Å²) in [7, 11) is 1.97. The van der Waals surface area contributed by atoms with Crippen LogP contribution >= 0.6 is 0 Å². The van der Waals surface area contributed by atoms with Crippen molar-refractivity contribution >= 4 is 28.4 Å². The summed E-state index contributed by atoms with van der Waals surface area (Å²) in [6, 6.07) is 9.81. The maximum atomic E-state index is 12.4. The molecule has 1 saturated carbocycles. The van der Waals surface area contributed by atoms with E-state index in [0.717, 1.165) is 22.4 Å². The summed E-state index contributed by atoms with van der Waals surface area (Å²) in [5, 5.41) is 11.3. The third-order valence-corrected chi connectivity index (χ3v) is 4.75. The molecular formula is C18H21N5O. The predicted octanol–water partition coefficient (Wildman–Crippen LogP) is 3.99. The summed E-state index contributed by atoms with van der Waals surface area (Å²) in [6.07, 6.45) is 6.19. The smallest absolute Gasteiger partial charge is 0.324 e. The molecule has 0 spiro atoms. The third-order valence-electron chi connectivity index (χ3n) is 4.75. The first-order valence-corrected chi connectivity index (χ1v) is 8.29. The molecule has 0 aliphatic heterocycles. The summed E-state index contributed by atoms with van der Waals surface area (Å²) in [5.74, 6) is 1.40. The zero-order chi connectivity index (χ0) is 16.7. The lowest BCUT2D eigenvalue weighted by Gasteiger charge is -2.16. The van der Waals surface area contributed by atoms with Crippen LogP contribution in [0.2, 0.25) is 0 Å². The monoisotopic (exact) mass is 323 g/mol. The Balaban J connectivity index is 1.53. The number of fused-ring (bicyclic) bond motifs is 1. The Morgan fingerprint density at radius 2 is 2.08 bits per heavy atom. The number of carbonyl (C=O) groups is 1. The lowest BCUT2D eigenvalue weighted by Crippen LogP contribution is -2.23. The number of urea groups is 1. The molecule has 4 rings (SSSR count). The summed E-state index contributed by atoms with van der Waals surface area (Å²) in [4.78, 5) is 12.4. The highest BCUT2D eigenvalue weighted by atomic mass is 16.2. The van der Waals surface area contributed by atoms with E-state index in [4.69, 9.17) is 0 Å². The molecule has 6 heteroatoms. The van der Waals surface area contributed by atoms with Gasteiger partial charge in [-0.05, 0) is 37.8 Å². The largest absolute Gasteiger partial charge is 0.349 e. The van der Waals surface area contributed by atoms with Crippen molar-refractivity contribution in [1.29, 1.82) is 0 Å². The molecule has 6 nitrogen and oxygen atoms in total. The van der Waals surface area contributed by atoms with Crippen LogP contribution in [-0.2, 0) is 7.05 Å². The number of aromatic nitrogens is 3. The minimum Gasteiger partial charge on any atom is -0.349 e. The Morgan fingerprint density at radius 3 is 2.88 bits per heavy atom. The van der Waals surface area contributed by atoms with Crippen LogP contribution in [0.25, 0.3) is 10.9 Å². The Hall–Kier alpha value is -2.76. The molecular weight excluding hydrogens is 302 g/mol. The van der Waals surface area contributed by atoms with Gasteiger partial charge in [0.1, 0.15) is 5.82 Å². The van der Waals surface area contributed by atoms with E-state index in [1.807, 2.05) is 52.8 Å². The summed E-state index contributed by atoms with van der Waals surface area (Å²) in [5.41, 5.74) is 1.80. The lowest BCUT2D eigenvalue weighted by molar-refractivity contribution is 0.262. The molecule has 2 aromatic heterocycles. The van der Waals surface area contributed by atoms with Crippen molar-refractivity contribution in [2.24, 2.45) is 13.0 Å². The van der Waals surface area contributed by atoms with Gasteiger partial charge < -0.3 is 9.88 Å². The van der Waals surface area contributed by atoms with Gasteiger partial charge in [-0.3, -0.25) is 5.32 Å². The predicted molar refractivity (Wildman–Crippen MR) is 95.2 cm³/mol. The molecule has 124 valence electrons. The van der Waals surface area contributed by atoms with E-state index >= 15 is 0 Å². The number of para-hydroxylation sites is 1. The van der Waals surface area contributed by atoms with Gasteiger partial charge in [-0.25, -0.2) is 9.48 Å². The number of hydrogen-bond acceptors (Lipinski definition) is 2. The molecule has 0 bridgehead atoms. The maximum absolute atomic E-state index is 12.4. The van der Waals surface area contributed by atoms with Crippen LogP contribution in [0.3, 0.4) is 0 Å². The lowest BCUT2D eigenvalue weighted by atomic mass is 10.2. The van der Waals surface area contributed by atoms with E-state index in [1.54, 1.807) is 6.20 Å². The normalized spacial score (nSPS) is 15.4. The number of rotatable bonds is 4. The second-order valence-electron chi connectivity index (χ2n) is 6.49. The van der Waals surface area contributed by atoms with Crippen molar-refractivity contribution < 1.29 is 4.79 Å². The molecule has 2 heterocycles. The minimum atomic E-state index is -0.256. The van der Waals surface area contributed by atoms with Crippen LogP contribution in [-0.4, -0.2) is 20.4 Å². The highest BCUT2D eigenvalue weighted by Gasteiger charge is 2.30. The quantitative estimate of drug-likeness (QED) is 0.762. The van der Waals surface area contributed by atoms with E-state index < -0.39 is 0 Å². The first-order chi connectivity index (χ1) is 11.6. The van der Waals surface area contributed by atoms with E-state index in [1.165, 1.54) is 12.8 Å². The molecule has 1 aliphatic carbocycles. The van der Waals surface area contributed by atoms with Crippen molar-refractivity contribution in [2.75, 3.05) is 10.6 Å². The first kappa shape index (κ1) is 14.8. The van der Waals surface area contributed by atoms with Crippen LogP contribution in [0.4, 0.5) is 16.3 Å². The number of amides is 2. The molecule has 1 aliphatic rings. The summed E-state index contributed by atoms with van der Waals surface area (Å²) in [6.45, 7) is 2.15. The van der Waals surface area contributed by atoms with Crippen LogP contribution in [0.15, 0.2) is 42.7 Å². The van der Waals surface area contributed by atoms with Gasteiger partial charge in [0, 0.05) is 24.7 Å². The highest BCUT2D eigenvalue weighted by molar-refractivity contribution is 6.05. The number of aryl methyl sites for hydroxylation is 1. The maximum Gasteiger partial charge on any atom is 0.324 e. The fraction of sp³-hybridized carbons (Fsp3) is 0.333. The number of anilines is 2. The van der Waals surface area contributed by atoms with Crippen molar-refractivity contribution in [3.63, 3.8) is 0 Å². The molecule has 2 amide bonds. The standard InChI is InChI=1S/C18H21N5O/c1-12(13-6-7-13)23-16(8-10-19-23)21-18(24)20-15-5-3-4-14-9-11-22(2)17(14)15/h3-5,8-13H,6-7H2,1-2H3,(H2,20,21,24). The molecule has 0 saturated heterocycles. The van der Waals surface area contributed by atoms with Gasteiger partial charge in [0.15, 0.2) is 0 Å². The summed E-state index contributed by atoms with van der Waals surface area (Å²) >= 11 is 0. The average molecular weight is 323 g/mol. The topological polar surface area (TPSA) is 63.9 Å². The van der Waals surface area contributed by atoms with Gasteiger partial charge in [-0.2, -0.15) is 5.10 Å². The third kappa shape index (κ3) is 2.64. The van der Waals surface area contributed by atoms with Gasteiger partial charge in [-0.15, -0.1) is 0 Å². The van der Waals surface area contributed by atoms with Crippen LogP contribution in [0, 0.1) is 5.92 Å². The Kier molecular flexibility index (Phi) is 3.52. The van der Waals surface area contributed by atoms with Crippen LogP contribution in [0.1, 0.15) is 25.8 Å². The molecule has 0 radical (unpaired) electrons. The van der Waals surface area contributed by atoms with E-state index in [9.17, 15) is 4.79 Å². The van der Waals surface area contributed by atoms with Crippen molar-refractivity contribution in [2.45, 2.75) is 25.8 Å². The second-order valence-corrected chi connectivity index (χ2v) is 6.49. The average Bonchev–Trinajstić information content (AvgIpc) is 3.21. The number of carbonyl (C=O) groups excluding carboxylic acids is 1. The SMILES string of the molecule is CC(C1CC1)n1nccc1NC(=O)Nc1cccc2ccn(C)c12. The molecule has 24 heavy (non-hydrogen) atoms. The number of benzene rings is 1. The fourth-order valence-corrected chi connectivity index (χ4v) is 3.24. The summed E-state index contributed by atoms with van der Waals surface area (Å²) < 4.78 is 3.91. The molecule has 1 fully saturated rings. The van der Waals surface area contributed by atoms with Gasteiger partial charge in [0.05, 0.1) is 23.4 Å². The van der Waals surface area contributed by atoms with E-state index in [-0.39, 0.29) is 6.03 Å². The molecule has 1 aromatic carbocycles. The number of hydrogen-bond donors (Lipinski definition) is 2. The zero-order valence-corrected chi connectivity index (χ0v) is 13.9. The first-order valence-electron chi connectivity index (χ1n) is 8.29. The molecule has 1 atom stereocenters. The Morgan fingerprint density at radius 1 is 1.25 bits per heavy atom. The van der Waals surface area contributed by atoms with E-state index in [0.29, 0.717) is 12.0 Å². The van der Waals surface area contributed by atoms with Gasteiger partial charge in [-0.1, -0.05) is 12.1 Å². The molecule has 2 N–H and O–H groups in total. The van der Waals surface area contributed by atoms with Crippen molar-refractivity contribution in [3.8, 4) is 0 Å². The minimum absolute atomic E-state index is 0.256. The van der Waals surface area contributed by atoms with Gasteiger partial charge in [0.2, 0.25) is 0 Å². The van der Waals surface area contributed by atoms with Crippen molar-refractivity contribution in [3.05, 3.63) is 42.7 Å². The van der Waals surface area contributed by atoms with Gasteiger partial charge in [0.25, 0.3) is 0 Å². The molecule has 3 aromatic rings. The van der Waals surface area contributed by atoms with Crippen LogP contribution in [0.5, 0.6) is 0 Å². The zero-order valence-electron chi connectivity index (χ0n) is 13.9. The van der Waals surface area contributed by atoms with E-state index in [2.05, 4.69) is 22.7 Å². The highest BCUT2D eigenvalue weighted by Crippen LogP contribution is 2.40. The number of nitrogens with one attached hydrogen (secondary N) is 2. The Bertz CT molecular complexity index is 890. The van der Waals surface area contributed by atoms with Crippen molar-refractivity contribution in [1.82, 2.24) is 14.3 Å². The fourth-order valence-electron chi connectivity index (χ4n) is 3.24. The Labute approximate surface area is 140 Å². The second kappa shape index (κ2) is 5.70. The van der Waals surface area contributed by atoms with Crippen LogP contribution < -0.4 is 10.6 Å². The van der Waals surface area contributed by atoms with Gasteiger partial charge >= 0.3 is 6.03 Å².